The smallest absolute Gasteiger partial charge is 0.248 e. The quantitative estimate of drug-likeness (QED) is 0.553. The van der Waals surface area contributed by atoms with Crippen molar-refractivity contribution in [2.45, 2.75) is 38.6 Å². The molecule has 3 rings (SSSR count). The summed E-state index contributed by atoms with van der Waals surface area (Å²) in [6.45, 7) is 5.27. The number of aryl methyl sites for hydroxylation is 1. The van der Waals surface area contributed by atoms with Crippen molar-refractivity contribution in [3.8, 4) is 0 Å². The first-order valence-corrected chi connectivity index (χ1v) is 9.56. The molecule has 1 saturated carbocycles. The van der Waals surface area contributed by atoms with Gasteiger partial charge in [-0.25, -0.2) is 4.98 Å². The molecule has 0 aliphatic heterocycles. The number of rotatable bonds is 5. The van der Waals surface area contributed by atoms with E-state index in [-0.39, 0.29) is 16.7 Å². The van der Waals surface area contributed by atoms with Crippen LogP contribution in [-0.2, 0) is 4.79 Å². The van der Waals surface area contributed by atoms with Crippen LogP contribution >= 0.6 is 11.6 Å². The number of hydrogen-bond acceptors (Lipinski definition) is 6. The molecule has 2 aromatic rings. The molecule has 6 N–H and O–H groups in total. The maximum absolute atomic E-state index is 11.1. The number of nitrogens with zero attached hydrogens (tertiary/aromatic N) is 2. The highest BCUT2D eigenvalue weighted by atomic mass is 35.5. The lowest BCUT2D eigenvalue weighted by atomic mass is 10.1. The van der Waals surface area contributed by atoms with Crippen LogP contribution in [0, 0.1) is 6.92 Å². The number of nitrogens with one attached hydrogen (secondary N) is 2. The molecule has 1 aromatic heterocycles. The highest BCUT2D eigenvalue weighted by molar-refractivity contribution is 6.32. The van der Waals surface area contributed by atoms with Gasteiger partial charge in [-0.1, -0.05) is 37.1 Å². The predicted molar refractivity (Wildman–Crippen MR) is 115 cm³/mol. The lowest BCUT2D eigenvalue weighted by Gasteiger charge is -2.09. The van der Waals surface area contributed by atoms with E-state index >= 15 is 0 Å². The molecule has 8 nitrogen and oxygen atoms in total. The molecule has 154 valence electrons. The van der Waals surface area contributed by atoms with Gasteiger partial charge in [0.2, 0.25) is 17.8 Å². The summed E-state index contributed by atoms with van der Waals surface area (Å²) >= 11 is 5.74. The van der Waals surface area contributed by atoms with Crippen LogP contribution in [-0.4, -0.2) is 27.8 Å². The van der Waals surface area contributed by atoms with E-state index in [2.05, 4.69) is 27.2 Å². The van der Waals surface area contributed by atoms with E-state index in [1.807, 2.05) is 6.92 Å². The second kappa shape index (κ2) is 10.4. The van der Waals surface area contributed by atoms with Crippen LogP contribution < -0.4 is 22.1 Å². The zero-order valence-electron chi connectivity index (χ0n) is 16.2. The van der Waals surface area contributed by atoms with Gasteiger partial charge in [0.25, 0.3) is 0 Å². The number of halogens is 1. The number of carbonyl (C=O) groups is 2. The molecule has 1 aliphatic carbocycles. The molecule has 0 spiro atoms. The summed E-state index contributed by atoms with van der Waals surface area (Å²) in [5.41, 5.74) is 12.8. The fourth-order valence-electron chi connectivity index (χ4n) is 2.80. The van der Waals surface area contributed by atoms with E-state index in [0.717, 1.165) is 18.4 Å². The fourth-order valence-corrected chi connectivity index (χ4v) is 2.89. The van der Waals surface area contributed by atoms with Gasteiger partial charge in [0.15, 0.2) is 0 Å². The number of hydrogen-bond donors (Lipinski definition) is 4. The van der Waals surface area contributed by atoms with E-state index in [1.54, 1.807) is 18.2 Å². The molecule has 1 aromatic carbocycles. The first-order valence-electron chi connectivity index (χ1n) is 9.18. The highest BCUT2D eigenvalue weighted by Crippen LogP contribution is 2.22. The maximum Gasteiger partial charge on any atom is 0.248 e. The average Bonchev–Trinajstić information content (AvgIpc) is 3.19. The standard InChI is InChI=1S/C12H12ClN5O.C8H13NO/c1-6-2-3-7(11(15)19)4-9(6)17-12-16-5-8(13)10(14)18-12;1-2-8(10)9-7-5-3-4-6-7/h2-5H,1H3,(H2,15,19)(H3,14,16,17,18);2,7H,1,3-6H2,(H,9,10). The zero-order chi connectivity index (χ0) is 21.4. The van der Waals surface area contributed by atoms with Gasteiger partial charge in [-0.3, -0.25) is 9.59 Å². The second-order valence-corrected chi connectivity index (χ2v) is 7.05. The largest absolute Gasteiger partial charge is 0.382 e. The van der Waals surface area contributed by atoms with Crippen LogP contribution in [0.1, 0.15) is 41.6 Å². The fraction of sp³-hybridized carbons (Fsp3) is 0.300. The van der Waals surface area contributed by atoms with Gasteiger partial charge in [0.1, 0.15) is 10.8 Å². The molecule has 0 unspecified atom stereocenters. The van der Waals surface area contributed by atoms with Crippen molar-refractivity contribution >= 4 is 40.9 Å². The van der Waals surface area contributed by atoms with Crippen molar-refractivity contribution in [1.82, 2.24) is 15.3 Å². The number of nitrogen functional groups attached to an aromatic ring is 1. The lowest BCUT2D eigenvalue weighted by molar-refractivity contribution is -0.117. The summed E-state index contributed by atoms with van der Waals surface area (Å²) < 4.78 is 0. The van der Waals surface area contributed by atoms with Crippen LogP contribution in [0.25, 0.3) is 0 Å². The molecule has 9 heteroatoms. The molecule has 0 saturated heterocycles. The first-order chi connectivity index (χ1) is 13.8. The zero-order valence-corrected chi connectivity index (χ0v) is 17.0. The SMILES string of the molecule is C=CC(=O)NC1CCCC1.Cc1ccc(C(N)=O)cc1Nc1ncc(Cl)c(N)n1. The summed E-state index contributed by atoms with van der Waals surface area (Å²) in [4.78, 5) is 29.9. The van der Waals surface area contributed by atoms with E-state index in [0.29, 0.717) is 23.2 Å². The monoisotopic (exact) mass is 416 g/mol. The Morgan fingerprint density at radius 3 is 2.59 bits per heavy atom. The summed E-state index contributed by atoms with van der Waals surface area (Å²) in [7, 11) is 0. The Balaban J connectivity index is 0.000000253. The Morgan fingerprint density at radius 1 is 1.31 bits per heavy atom. The Labute approximate surface area is 174 Å². The number of nitrogens with two attached hydrogens (primary N) is 2. The summed E-state index contributed by atoms with van der Waals surface area (Å²) in [5.74, 6) is -0.0546. The number of amides is 2. The molecule has 1 heterocycles. The van der Waals surface area contributed by atoms with E-state index in [4.69, 9.17) is 23.1 Å². The molecule has 0 radical (unpaired) electrons. The average molecular weight is 417 g/mol. The van der Waals surface area contributed by atoms with Crippen LogP contribution in [0.4, 0.5) is 17.5 Å². The van der Waals surface area contributed by atoms with Crippen LogP contribution in [0.2, 0.25) is 5.02 Å². The second-order valence-electron chi connectivity index (χ2n) is 6.64. The maximum atomic E-state index is 11.1. The minimum atomic E-state index is -0.500. The van der Waals surface area contributed by atoms with Gasteiger partial charge >= 0.3 is 0 Å². The van der Waals surface area contributed by atoms with Crippen molar-refractivity contribution < 1.29 is 9.59 Å². The number of primary amides is 1. The normalized spacial score (nSPS) is 13.2. The van der Waals surface area contributed by atoms with Gasteiger partial charge in [-0.15, -0.1) is 0 Å². The molecule has 0 bridgehead atoms. The van der Waals surface area contributed by atoms with E-state index in [1.165, 1.54) is 25.1 Å². The van der Waals surface area contributed by atoms with Crippen molar-refractivity contribution in [3.63, 3.8) is 0 Å². The van der Waals surface area contributed by atoms with Crippen LogP contribution in [0.15, 0.2) is 37.1 Å². The Hall–Kier alpha value is -3.13. The number of benzene rings is 1. The van der Waals surface area contributed by atoms with Gasteiger partial charge in [-0.05, 0) is 43.5 Å². The minimum Gasteiger partial charge on any atom is -0.382 e. The number of carbonyl (C=O) groups excluding carboxylic acids is 2. The lowest BCUT2D eigenvalue weighted by Crippen LogP contribution is -2.30. The van der Waals surface area contributed by atoms with Crippen LogP contribution in [0.5, 0.6) is 0 Å². The van der Waals surface area contributed by atoms with Crippen molar-refractivity contribution in [2.24, 2.45) is 5.73 Å². The molecule has 0 atom stereocenters. The summed E-state index contributed by atoms with van der Waals surface area (Å²) in [5, 5.41) is 6.12. The van der Waals surface area contributed by atoms with Gasteiger partial charge in [-0.2, -0.15) is 4.98 Å². The molecule has 1 fully saturated rings. The summed E-state index contributed by atoms with van der Waals surface area (Å²) in [6.07, 6.45) is 7.52. The third-order valence-corrected chi connectivity index (χ3v) is 4.72. The molecule has 29 heavy (non-hydrogen) atoms. The summed E-state index contributed by atoms with van der Waals surface area (Å²) in [6, 6.07) is 5.48. The van der Waals surface area contributed by atoms with Gasteiger partial charge in [0.05, 0.1) is 6.20 Å². The number of aromatic nitrogens is 2. The molecular formula is C20H25ClN6O2. The van der Waals surface area contributed by atoms with Crippen molar-refractivity contribution in [1.29, 1.82) is 0 Å². The van der Waals surface area contributed by atoms with Gasteiger partial charge < -0.3 is 22.1 Å². The molecular weight excluding hydrogens is 392 g/mol. The molecule has 1 aliphatic rings. The third-order valence-electron chi connectivity index (χ3n) is 4.43. The number of anilines is 3. The Morgan fingerprint density at radius 2 is 2.00 bits per heavy atom. The predicted octanol–water partition coefficient (Wildman–Crippen LogP) is 3.09. The van der Waals surface area contributed by atoms with Crippen molar-refractivity contribution in [3.05, 3.63) is 53.2 Å². The Bertz CT molecular complexity index is 897. The van der Waals surface area contributed by atoms with Crippen LogP contribution in [0.3, 0.4) is 0 Å². The van der Waals surface area contributed by atoms with E-state index < -0.39 is 5.91 Å². The third kappa shape index (κ3) is 6.76. The topological polar surface area (TPSA) is 136 Å². The minimum absolute atomic E-state index is 0.0353. The molecule has 2 amide bonds. The van der Waals surface area contributed by atoms with Gasteiger partial charge in [0, 0.05) is 17.3 Å². The highest BCUT2D eigenvalue weighted by Gasteiger charge is 2.15. The first kappa shape index (κ1) is 22.2. The Kier molecular flexibility index (Phi) is 7.97. The van der Waals surface area contributed by atoms with E-state index in [9.17, 15) is 9.59 Å². The van der Waals surface area contributed by atoms with Crippen molar-refractivity contribution in [2.75, 3.05) is 11.1 Å².